The quantitative estimate of drug-likeness (QED) is 0.380. The summed E-state index contributed by atoms with van der Waals surface area (Å²) < 4.78 is 1.81. The second kappa shape index (κ2) is 9.93. The molecule has 6 nitrogen and oxygen atoms in total. The lowest BCUT2D eigenvalue weighted by Crippen LogP contribution is -2.37. The molecule has 28 heavy (non-hydrogen) atoms. The maximum Gasteiger partial charge on any atom is 0.192 e. The third-order valence-electron chi connectivity index (χ3n) is 4.20. The molecule has 0 saturated heterocycles. The van der Waals surface area contributed by atoms with Crippen molar-refractivity contribution in [3.8, 4) is 23.5 Å². The van der Waals surface area contributed by atoms with E-state index in [1.807, 2.05) is 23.7 Å². The van der Waals surface area contributed by atoms with Crippen LogP contribution >= 0.6 is 0 Å². The summed E-state index contributed by atoms with van der Waals surface area (Å²) in [6.45, 7) is 4.53. The first kappa shape index (κ1) is 19.2. The highest BCUT2D eigenvalue weighted by Crippen LogP contribution is 2.25. The van der Waals surface area contributed by atoms with Gasteiger partial charge in [0.1, 0.15) is 12.7 Å². The second-order valence-corrected chi connectivity index (χ2v) is 6.20. The van der Waals surface area contributed by atoms with E-state index in [2.05, 4.69) is 68.0 Å². The number of benzene rings is 2. The summed E-state index contributed by atoms with van der Waals surface area (Å²) in [4.78, 5) is 8.63. The van der Waals surface area contributed by atoms with Gasteiger partial charge in [-0.25, -0.2) is 14.7 Å². The van der Waals surface area contributed by atoms with Gasteiger partial charge < -0.3 is 10.6 Å². The molecule has 0 atom stereocenters. The molecule has 1 aromatic heterocycles. The van der Waals surface area contributed by atoms with Gasteiger partial charge in [-0.3, -0.25) is 0 Å². The molecule has 3 rings (SSSR count). The zero-order valence-corrected chi connectivity index (χ0v) is 16.0. The van der Waals surface area contributed by atoms with Crippen molar-refractivity contribution in [2.45, 2.75) is 20.0 Å². The first-order chi connectivity index (χ1) is 13.8. The third kappa shape index (κ3) is 5.21. The third-order valence-corrected chi connectivity index (χ3v) is 4.20. The molecule has 0 saturated carbocycles. The van der Waals surface area contributed by atoms with Crippen molar-refractivity contribution >= 4 is 5.96 Å². The Balaban J connectivity index is 1.77. The molecule has 0 aliphatic carbocycles. The number of terminal acetylenes is 1. The largest absolute Gasteiger partial charge is 0.357 e. The summed E-state index contributed by atoms with van der Waals surface area (Å²) in [5.41, 5.74) is 4.67. The maximum absolute atomic E-state index is 5.33. The Labute approximate surface area is 165 Å². The molecule has 0 aliphatic heterocycles. The van der Waals surface area contributed by atoms with E-state index in [1.54, 1.807) is 12.7 Å². The highest BCUT2D eigenvalue weighted by molar-refractivity contribution is 5.80. The Morgan fingerprint density at radius 3 is 2.68 bits per heavy atom. The highest BCUT2D eigenvalue weighted by atomic mass is 15.3. The van der Waals surface area contributed by atoms with Crippen LogP contribution in [0.4, 0.5) is 0 Å². The minimum Gasteiger partial charge on any atom is -0.357 e. The van der Waals surface area contributed by atoms with Crippen LogP contribution in [0.2, 0.25) is 0 Å². The van der Waals surface area contributed by atoms with Crippen molar-refractivity contribution < 1.29 is 0 Å². The van der Waals surface area contributed by atoms with E-state index in [1.165, 1.54) is 11.1 Å². The van der Waals surface area contributed by atoms with E-state index >= 15 is 0 Å². The average molecular weight is 372 g/mol. The smallest absolute Gasteiger partial charge is 0.192 e. The molecule has 0 unspecified atom stereocenters. The predicted octanol–water partition coefficient (Wildman–Crippen LogP) is 2.68. The minimum absolute atomic E-state index is 0.445. The summed E-state index contributed by atoms with van der Waals surface area (Å²) in [5, 5.41) is 10.5. The maximum atomic E-state index is 5.33. The van der Waals surface area contributed by atoms with Crippen LogP contribution in [0.25, 0.3) is 11.1 Å². The Morgan fingerprint density at radius 2 is 1.96 bits per heavy atom. The van der Waals surface area contributed by atoms with Gasteiger partial charge in [-0.15, -0.1) is 6.42 Å². The Hall–Kier alpha value is -3.59. The Morgan fingerprint density at radius 1 is 1.14 bits per heavy atom. The van der Waals surface area contributed by atoms with Gasteiger partial charge in [-0.2, -0.15) is 5.10 Å². The van der Waals surface area contributed by atoms with Crippen molar-refractivity contribution in [2.24, 2.45) is 4.99 Å². The molecule has 6 heteroatoms. The van der Waals surface area contributed by atoms with Gasteiger partial charge in [0, 0.05) is 6.54 Å². The molecule has 142 valence electrons. The van der Waals surface area contributed by atoms with Crippen molar-refractivity contribution in [3.05, 3.63) is 72.3 Å². The lowest BCUT2D eigenvalue weighted by atomic mass is 9.98. The lowest BCUT2D eigenvalue weighted by molar-refractivity contribution is 0.685. The standard InChI is InChI=1S/C22H24N6/c1-3-13-25-22(24-4-2)26-14-20-7-5-6-8-21(20)19-11-9-18(10-12-19)15-28-17-23-16-27-28/h1,5-12,16-17H,4,13-15H2,2H3,(H2,24,25,26). The second-order valence-electron chi connectivity index (χ2n) is 6.20. The topological polar surface area (TPSA) is 67.1 Å². The van der Waals surface area contributed by atoms with Crippen LogP contribution in [0, 0.1) is 12.3 Å². The summed E-state index contributed by atoms with van der Waals surface area (Å²) >= 11 is 0. The van der Waals surface area contributed by atoms with E-state index in [0.29, 0.717) is 19.6 Å². The fourth-order valence-corrected chi connectivity index (χ4v) is 2.87. The zero-order valence-electron chi connectivity index (χ0n) is 16.0. The molecular weight excluding hydrogens is 348 g/mol. The van der Waals surface area contributed by atoms with Crippen LogP contribution < -0.4 is 10.6 Å². The summed E-state index contributed by atoms with van der Waals surface area (Å²) in [5.74, 6) is 3.29. The first-order valence-electron chi connectivity index (χ1n) is 9.25. The average Bonchev–Trinajstić information content (AvgIpc) is 3.24. The molecule has 0 bridgehead atoms. The minimum atomic E-state index is 0.445. The number of rotatable bonds is 7. The number of aliphatic imine (C=N–C) groups is 1. The van der Waals surface area contributed by atoms with E-state index in [4.69, 9.17) is 6.42 Å². The number of guanidine groups is 1. The van der Waals surface area contributed by atoms with Gasteiger partial charge in [0.25, 0.3) is 0 Å². The van der Waals surface area contributed by atoms with E-state index < -0.39 is 0 Å². The van der Waals surface area contributed by atoms with Crippen molar-refractivity contribution in [1.82, 2.24) is 25.4 Å². The molecule has 0 aliphatic rings. The molecule has 0 amide bonds. The van der Waals surface area contributed by atoms with Crippen LogP contribution in [0.5, 0.6) is 0 Å². The number of hydrogen-bond donors (Lipinski definition) is 2. The molecule has 2 aromatic carbocycles. The van der Waals surface area contributed by atoms with Crippen LogP contribution in [0.3, 0.4) is 0 Å². The predicted molar refractivity (Wildman–Crippen MR) is 113 cm³/mol. The van der Waals surface area contributed by atoms with Gasteiger partial charge in [0.2, 0.25) is 0 Å². The van der Waals surface area contributed by atoms with E-state index in [-0.39, 0.29) is 0 Å². The van der Waals surface area contributed by atoms with Gasteiger partial charge >= 0.3 is 0 Å². The number of nitrogens with one attached hydrogen (secondary N) is 2. The van der Waals surface area contributed by atoms with E-state index in [0.717, 1.165) is 23.6 Å². The normalized spacial score (nSPS) is 11.1. The van der Waals surface area contributed by atoms with Gasteiger partial charge in [0.05, 0.1) is 19.6 Å². The van der Waals surface area contributed by atoms with Crippen LogP contribution in [-0.4, -0.2) is 33.8 Å². The summed E-state index contributed by atoms with van der Waals surface area (Å²) in [6, 6.07) is 16.8. The summed E-state index contributed by atoms with van der Waals surface area (Å²) in [6.07, 6.45) is 8.60. The molecule has 0 radical (unpaired) electrons. The number of aromatic nitrogens is 3. The highest BCUT2D eigenvalue weighted by Gasteiger charge is 2.06. The van der Waals surface area contributed by atoms with Crippen molar-refractivity contribution in [3.63, 3.8) is 0 Å². The Kier molecular flexibility index (Phi) is 6.80. The molecule has 0 spiro atoms. The van der Waals surface area contributed by atoms with Gasteiger partial charge in [0.15, 0.2) is 5.96 Å². The fraction of sp³-hybridized carbons (Fsp3) is 0.227. The lowest BCUT2D eigenvalue weighted by Gasteiger charge is -2.12. The molecule has 0 fully saturated rings. The zero-order chi connectivity index (χ0) is 19.6. The molecule has 1 heterocycles. The number of hydrogen-bond acceptors (Lipinski definition) is 3. The molecule has 2 N–H and O–H groups in total. The van der Waals surface area contributed by atoms with Crippen LogP contribution in [0.1, 0.15) is 18.1 Å². The van der Waals surface area contributed by atoms with E-state index in [9.17, 15) is 0 Å². The Bertz CT molecular complexity index is 936. The SMILES string of the molecule is C#CCNC(=NCc1ccccc1-c1ccc(Cn2cncn2)cc1)NCC. The first-order valence-corrected chi connectivity index (χ1v) is 9.25. The molecule has 3 aromatic rings. The monoisotopic (exact) mass is 372 g/mol. The number of nitrogens with zero attached hydrogens (tertiary/aromatic N) is 4. The van der Waals surface area contributed by atoms with Crippen LogP contribution in [-0.2, 0) is 13.1 Å². The van der Waals surface area contributed by atoms with Crippen molar-refractivity contribution in [2.75, 3.05) is 13.1 Å². The molecular formula is C22H24N6. The van der Waals surface area contributed by atoms with Gasteiger partial charge in [-0.05, 0) is 29.2 Å². The van der Waals surface area contributed by atoms with Gasteiger partial charge in [-0.1, -0.05) is 54.5 Å². The van der Waals surface area contributed by atoms with Crippen LogP contribution in [0.15, 0.2) is 66.2 Å². The van der Waals surface area contributed by atoms with Crippen molar-refractivity contribution in [1.29, 1.82) is 0 Å². The summed E-state index contributed by atoms with van der Waals surface area (Å²) in [7, 11) is 0. The fourth-order valence-electron chi connectivity index (χ4n) is 2.87.